The summed E-state index contributed by atoms with van der Waals surface area (Å²) in [5.41, 5.74) is 13.6. The Bertz CT molecular complexity index is 1330. The van der Waals surface area contributed by atoms with E-state index in [4.69, 9.17) is 27.3 Å². The summed E-state index contributed by atoms with van der Waals surface area (Å²) < 4.78 is 6.03. The van der Waals surface area contributed by atoms with Crippen molar-refractivity contribution in [1.29, 1.82) is 5.26 Å². The molecule has 0 fully saturated rings. The van der Waals surface area contributed by atoms with Crippen LogP contribution in [-0.2, 0) is 19.7 Å². The summed E-state index contributed by atoms with van der Waals surface area (Å²) in [7, 11) is 0. The molecule has 0 radical (unpaired) electrons. The minimum atomic E-state index is 0.273. The molecular weight excluding hydrogens is 444 g/mol. The summed E-state index contributed by atoms with van der Waals surface area (Å²) >= 11 is 6.55. The fraction of sp³-hybridized carbons (Fsp3) is 0.143. The quantitative estimate of drug-likeness (QED) is 0.320. The normalized spacial score (nSPS) is 10.5. The van der Waals surface area contributed by atoms with Gasteiger partial charge in [0.05, 0.1) is 16.3 Å². The number of nitrogens with zero attached hydrogens (tertiary/aromatic N) is 2. The predicted octanol–water partition coefficient (Wildman–Crippen LogP) is 6.23. The van der Waals surface area contributed by atoms with E-state index in [-0.39, 0.29) is 6.61 Å². The van der Waals surface area contributed by atoms with Crippen LogP contribution < -0.4 is 15.8 Å². The number of anilines is 1. The molecule has 0 amide bonds. The van der Waals surface area contributed by atoms with E-state index >= 15 is 0 Å². The maximum absolute atomic E-state index is 9.08. The molecule has 170 valence electrons. The Hall–Kier alpha value is -3.85. The fourth-order valence-electron chi connectivity index (χ4n) is 3.81. The first kappa shape index (κ1) is 23.3. The highest BCUT2D eigenvalue weighted by Crippen LogP contribution is 2.33. The third kappa shape index (κ3) is 5.37. The van der Waals surface area contributed by atoms with Crippen LogP contribution in [-0.4, -0.2) is 4.98 Å². The summed E-state index contributed by atoms with van der Waals surface area (Å²) in [6, 6.07) is 24.2. The van der Waals surface area contributed by atoms with Crippen molar-refractivity contribution in [3.63, 3.8) is 0 Å². The van der Waals surface area contributed by atoms with Crippen molar-refractivity contribution in [3.05, 3.63) is 112 Å². The van der Waals surface area contributed by atoms with Crippen LogP contribution in [0, 0.1) is 18.3 Å². The lowest BCUT2D eigenvalue weighted by molar-refractivity contribution is 0.302. The van der Waals surface area contributed by atoms with Crippen LogP contribution in [0.5, 0.6) is 5.75 Å². The van der Waals surface area contributed by atoms with Crippen molar-refractivity contribution >= 4 is 17.3 Å². The van der Waals surface area contributed by atoms with Gasteiger partial charge in [-0.3, -0.25) is 4.98 Å². The average molecular weight is 469 g/mol. The minimum Gasteiger partial charge on any atom is -0.488 e. The van der Waals surface area contributed by atoms with E-state index in [0.29, 0.717) is 29.4 Å². The van der Waals surface area contributed by atoms with Crippen molar-refractivity contribution < 1.29 is 4.74 Å². The van der Waals surface area contributed by atoms with Gasteiger partial charge in [0, 0.05) is 42.7 Å². The van der Waals surface area contributed by atoms with Gasteiger partial charge in [-0.05, 0) is 41.3 Å². The fourth-order valence-corrected chi connectivity index (χ4v) is 4.06. The molecule has 0 unspecified atom stereocenters. The third-order valence-electron chi connectivity index (χ3n) is 5.69. The molecule has 0 atom stereocenters. The Kier molecular flexibility index (Phi) is 7.44. The first-order valence-electron chi connectivity index (χ1n) is 11.0. The molecule has 0 saturated carbocycles. The molecule has 34 heavy (non-hydrogen) atoms. The highest BCUT2D eigenvalue weighted by Gasteiger charge is 2.12. The van der Waals surface area contributed by atoms with Gasteiger partial charge >= 0.3 is 0 Å². The second-order valence-electron chi connectivity index (χ2n) is 7.94. The highest BCUT2D eigenvalue weighted by molar-refractivity contribution is 6.33. The van der Waals surface area contributed by atoms with E-state index in [0.717, 1.165) is 16.8 Å². The number of hydrogen-bond acceptors (Lipinski definition) is 5. The Morgan fingerprint density at radius 2 is 1.85 bits per heavy atom. The Morgan fingerprint density at radius 3 is 2.62 bits per heavy atom. The van der Waals surface area contributed by atoms with Gasteiger partial charge in [-0.25, -0.2) is 0 Å². The standard InChI is InChI=1S/C28H25ClN4O/c1-19-23(8-5-9-25(19)22-6-3-2-4-7-22)17-33-27-12-28(24(14-31)11-26(27)29)34-18-21-10-20(13-30)15-32-16-21/h2-12,15-16,33H,14,17-18,31H2,1H3. The van der Waals surface area contributed by atoms with E-state index in [2.05, 4.69) is 53.6 Å². The molecule has 0 bridgehead atoms. The Morgan fingerprint density at radius 1 is 1.03 bits per heavy atom. The highest BCUT2D eigenvalue weighted by atomic mass is 35.5. The number of ether oxygens (including phenoxy) is 1. The molecule has 0 aliphatic carbocycles. The maximum Gasteiger partial charge on any atom is 0.126 e. The first-order valence-corrected chi connectivity index (χ1v) is 11.3. The number of hydrogen-bond donors (Lipinski definition) is 2. The molecule has 6 heteroatoms. The minimum absolute atomic E-state index is 0.273. The topological polar surface area (TPSA) is 84.0 Å². The lowest BCUT2D eigenvalue weighted by Gasteiger charge is -2.17. The van der Waals surface area contributed by atoms with Crippen molar-refractivity contribution in [2.45, 2.75) is 26.6 Å². The molecule has 1 heterocycles. The van der Waals surface area contributed by atoms with Gasteiger partial charge in [-0.1, -0.05) is 60.1 Å². The van der Waals surface area contributed by atoms with E-state index in [9.17, 15) is 0 Å². The number of benzene rings is 3. The largest absolute Gasteiger partial charge is 0.488 e. The van der Waals surface area contributed by atoms with Crippen LogP contribution in [0.1, 0.15) is 27.8 Å². The van der Waals surface area contributed by atoms with Crippen LogP contribution in [0.25, 0.3) is 11.1 Å². The third-order valence-corrected chi connectivity index (χ3v) is 6.00. The van der Waals surface area contributed by atoms with Gasteiger partial charge < -0.3 is 15.8 Å². The van der Waals surface area contributed by atoms with Crippen LogP contribution >= 0.6 is 11.6 Å². The maximum atomic E-state index is 9.08. The molecule has 5 nitrogen and oxygen atoms in total. The van der Waals surface area contributed by atoms with Crippen molar-refractivity contribution in [2.75, 3.05) is 5.32 Å². The molecule has 3 aromatic carbocycles. The Balaban J connectivity index is 1.53. The molecule has 4 rings (SSSR count). The average Bonchev–Trinajstić information content (AvgIpc) is 2.88. The van der Waals surface area contributed by atoms with Gasteiger partial charge in [0.25, 0.3) is 0 Å². The molecule has 0 saturated heterocycles. The molecular formula is C28H25ClN4O. The second kappa shape index (κ2) is 10.8. The van der Waals surface area contributed by atoms with Gasteiger partial charge in [0.1, 0.15) is 18.4 Å². The Labute approximate surface area is 204 Å². The molecule has 0 spiro atoms. The number of nitriles is 1. The van der Waals surface area contributed by atoms with Crippen LogP contribution in [0.15, 0.2) is 79.1 Å². The van der Waals surface area contributed by atoms with E-state index < -0.39 is 0 Å². The summed E-state index contributed by atoms with van der Waals surface area (Å²) in [4.78, 5) is 4.08. The summed E-state index contributed by atoms with van der Waals surface area (Å²) in [6.07, 6.45) is 3.20. The lowest BCUT2D eigenvalue weighted by Crippen LogP contribution is -2.07. The van der Waals surface area contributed by atoms with Gasteiger partial charge in [0.2, 0.25) is 0 Å². The van der Waals surface area contributed by atoms with E-state index in [1.54, 1.807) is 12.3 Å². The summed E-state index contributed by atoms with van der Waals surface area (Å²) in [5.74, 6) is 0.645. The van der Waals surface area contributed by atoms with Crippen LogP contribution in [0.3, 0.4) is 0 Å². The summed E-state index contributed by atoms with van der Waals surface area (Å²) in [5, 5.41) is 13.1. The van der Waals surface area contributed by atoms with Crippen molar-refractivity contribution in [2.24, 2.45) is 5.73 Å². The molecule has 3 N–H and O–H groups in total. The molecule has 0 aliphatic heterocycles. The number of nitrogens with one attached hydrogen (secondary N) is 1. The van der Waals surface area contributed by atoms with E-state index in [1.807, 2.05) is 30.3 Å². The monoisotopic (exact) mass is 468 g/mol. The van der Waals surface area contributed by atoms with Gasteiger partial charge in [0.15, 0.2) is 0 Å². The molecule has 0 aliphatic rings. The van der Waals surface area contributed by atoms with Crippen LogP contribution in [0.4, 0.5) is 5.69 Å². The lowest BCUT2D eigenvalue weighted by atomic mass is 9.96. The number of pyridine rings is 1. The number of aromatic nitrogens is 1. The molecule has 4 aromatic rings. The smallest absolute Gasteiger partial charge is 0.126 e. The number of nitrogens with two attached hydrogens (primary N) is 1. The molecule has 1 aromatic heterocycles. The van der Waals surface area contributed by atoms with Crippen molar-refractivity contribution in [3.8, 4) is 22.9 Å². The zero-order valence-corrected chi connectivity index (χ0v) is 19.6. The number of rotatable bonds is 8. The van der Waals surface area contributed by atoms with Gasteiger partial charge in [-0.2, -0.15) is 5.26 Å². The van der Waals surface area contributed by atoms with Crippen LogP contribution in [0.2, 0.25) is 5.02 Å². The van der Waals surface area contributed by atoms with E-state index in [1.165, 1.54) is 28.5 Å². The zero-order valence-electron chi connectivity index (χ0n) is 18.9. The predicted molar refractivity (Wildman–Crippen MR) is 137 cm³/mol. The zero-order chi connectivity index (χ0) is 23.9. The first-order chi connectivity index (χ1) is 16.6. The van der Waals surface area contributed by atoms with Crippen molar-refractivity contribution in [1.82, 2.24) is 4.98 Å². The summed E-state index contributed by atoms with van der Waals surface area (Å²) in [6.45, 7) is 3.32. The second-order valence-corrected chi connectivity index (χ2v) is 8.34. The number of halogens is 1. The van der Waals surface area contributed by atoms with Gasteiger partial charge in [-0.15, -0.1) is 0 Å². The SMILES string of the molecule is Cc1c(CNc2cc(OCc3cncc(C#N)c3)c(CN)cc2Cl)cccc1-c1ccccc1.